The summed E-state index contributed by atoms with van der Waals surface area (Å²) in [6.07, 6.45) is 2.17. The lowest BCUT2D eigenvalue weighted by Gasteiger charge is -2.10. The number of nitrogens with zero attached hydrogens (tertiary/aromatic N) is 4. The minimum absolute atomic E-state index is 0.189. The van der Waals surface area contributed by atoms with Gasteiger partial charge in [0.15, 0.2) is 11.6 Å². The van der Waals surface area contributed by atoms with Gasteiger partial charge in [0.1, 0.15) is 0 Å². The van der Waals surface area contributed by atoms with Crippen molar-refractivity contribution in [3.05, 3.63) is 17.9 Å². The summed E-state index contributed by atoms with van der Waals surface area (Å²) in [6.45, 7) is 2.20. The summed E-state index contributed by atoms with van der Waals surface area (Å²) in [5.74, 6) is -0.273. The Balaban J connectivity index is 1.89. The first-order chi connectivity index (χ1) is 9.69. The number of nitrogens with two attached hydrogens (primary N) is 1. The molecule has 0 aliphatic heterocycles. The van der Waals surface area contributed by atoms with Gasteiger partial charge in [-0.1, -0.05) is 0 Å². The van der Waals surface area contributed by atoms with Crippen molar-refractivity contribution >= 4 is 17.4 Å². The second-order valence-electron chi connectivity index (χ2n) is 4.49. The van der Waals surface area contributed by atoms with Gasteiger partial charge in [0.25, 0.3) is 0 Å². The van der Waals surface area contributed by atoms with Crippen molar-refractivity contribution in [1.82, 2.24) is 20.2 Å². The van der Waals surface area contributed by atoms with E-state index in [0.29, 0.717) is 28.4 Å². The molecule has 8 heteroatoms. The van der Waals surface area contributed by atoms with Crippen LogP contribution >= 0.6 is 11.8 Å². The molecule has 1 fully saturated rings. The molecule has 1 aliphatic carbocycles. The Kier molecular flexibility index (Phi) is 3.47. The second kappa shape index (κ2) is 5.28. The molecule has 0 amide bonds. The fraction of sp³-hybridized carbons (Fsp3) is 0.417. The third-order valence-corrected chi connectivity index (χ3v) is 3.95. The molecule has 0 bridgehead atoms. The van der Waals surface area contributed by atoms with E-state index in [1.165, 1.54) is 17.8 Å². The highest BCUT2D eigenvalue weighted by Gasteiger charge is 2.28. The first-order valence-corrected chi connectivity index (χ1v) is 7.18. The molecule has 2 aromatic rings. The van der Waals surface area contributed by atoms with Gasteiger partial charge in [0, 0.05) is 16.6 Å². The van der Waals surface area contributed by atoms with Gasteiger partial charge in [-0.2, -0.15) is 0 Å². The van der Waals surface area contributed by atoms with Crippen molar-refractivity contribution in [3.63, 3.8) is 0 Å². The zero-order chi connectivity index (χ0) is 14.1. The van der Waals surface area contributed by atoms with Crippen molar-refractivity contribution < 1.29 is 9.13 Å². The van der Waals surface area contributed by atoms with Crippen LogP contribution < -0.4 is 10.5 Å². The Morgan fingerprint density at radius 2 is 2.30 bits per heavy atom. The van der Waals surface area contributed by atoms with E-state index in [4.69, 9.17) is 10.5 Å². The molecule has 1 aromatic carbocycles. The predicted octanol–water partition coefficient (Wildman–Crippen LogP) is 2.28. The third-order valence-electron chi connectivity index (χ3n) is 2.92. The predicted molar refractivity (Wildman–Crippen MR) is 72.2 cm³/mol. The van der Waals surface area contributed by atoms with Crippen LogP contribution in [0.2, 0.25) is 0 Å². The maximum atomic E-state index is 13.7. The summed E-state index contributed by atoms with van der Waals surface area (Å²) >= 11 is 1.32. The molecule has 3 rings (SSSR count). The van der Waals surface area contributed by atoms with E-state index >= 15 is 0 Å². The fourth-order valence-corrected chi connectivity index (χ4v) is 2.70. The molecule has 20 heavy (non-hydrogen) atoms. The lowest BCUT2D eigenvalue weighted by atomic mass is 10.3. The quantitative estimate of drug-likeness (QED) is 0.853. The number of rotatable bonds is 5. The number of hydrogen-bond acceptors (Lipinski definition) is 6. The van der Waals surface area contributed by atoms with Crippen molar-refractivity contribution in [2.75, 3.05) is 12.3 Å². The number of anilines is 1. The average molecular weight is 295 g/mol. The molecule has 1 aromatic heterocycles. The maximum Gasteiger partial charge on any atom is 0.214 e. The smallest absolute Gasteiger partial charge is 0.214 e. The molecule has 2 N–H and O–H groups in total. The van der Waals surface area contributed by atoms with Gasteiger partial charge < -0.3 is 10.5 Å². The number of hydrogen-bond donors (Lipinski definition) is 1. The molecule has 0 unspecified atom stereocenters. The van der Waals surface area contributed by atoms with Crippen molar-refractivity contribution in [1.29, 1.82) is 0 Å². The third kappa shape index (κ3) is 2.55. The molecule has 106 valence electrons. The highest BCUT2D eigenvalue weighted by Crippen LogP contribution is 2.40. The zero-order valence-electron chi connectivity index (χ0n) is 10.9. The topological polar surface area (TPSA) is 78.9 Å². The Labute approximate surface area is 119 Å². The molecule has 1 saturated carbocycles. The van der Waals surface area contributed by atoms with Gasteiger partial charge in [-0.15, -0.1) is 5.10 Å². The van der Waals surface area contributed by atoms with Crippen LogP contribution in [0.1, 0.15) is 25.8 Å². The summed E-state index contributed by atoms with van der Waals surface area (Å²) in [5, 5.41) is 12.3. The summed E-state index contributed by atoms with van der Waals surface area (Å²) in [7, 11) is 0. The molecule has 0 saturated heterocycles. The Hall–Kier alpha value is -1.83. The van der Waals surface area contributed by atoms with E-state index in [9.17, 15) is 4.39 Å². The maximum absolute atomic E-state index is 13.7. The minimum atomic E-state index is -0.463. The van der Waals surface area contributed by atoms with Crippen LogP contribution in [0.4, 0.5) is 10.1 Å². The average Bonchev–Trinajstić information content (AvgIpc) is 3.16. The first-order valence-electron chi connectivity index (χ1n) is 6.36. The monoisotopic (exact) mass is 295 g/mol. The molecular weight excluding hydrogens is 281 g/mol. The fourth-order valence-electron chi connectivity index (χ4n) is 1.80. The van der Waals surface area contributed by atoms with E-state index in [2.05, 4.69) is 15.5 Å². The van der Waals surface area contributed by atoms with Gasteiger partial charge in [0.05, 0.1) is 12.6 Å². The SMILES string of the molecule is CCOc1cc(Sc2nnnn2C2CC2)c(N)cc1F. The Morgan fingerprint density at radius 3 is 3.00 bits per heavy atom. The van der Waals surface area contributed by atoms with Crippen molar-refractivity contribution in [2.24, 2.45) is 0 Å². The van der Waals surface area contributed by atoms with Crippen LogP contribution in [-0.4, -0.2) is 26.8 Å². The van der Waals surface area contributed by atoms with Crippen molar-refractivity contribution in [3.8, 4) is 5.75 Å². The van der Waals surface area contributed by atoms with E-state index in [-0.39, 0.29) is 5.75 Å². The minimum Gasteiger partial charge on any atom is -0.491 e. The van der Waals surface area contributed by atoms with Crippen LogP contribution in [0.5, 0.6) is 5.75 Å². The summed E-state index contributed by atoms with van der Waals surface area (Å²) in [6, 6.07) is 3.23. The van der Waals surface area contributed by atoms with Gasteiger partial charge in [-0.3, -0.25) is 0 Å². The highest BCUT2D eigenvalue weighted by molar-refractivity contribution is 7.99. The molecule has 0 atom stereocenters. The first kappa shape index (κ1) is 13.2. The lowest BCUT2D eigenvalue weighted by molar-refractivity contribution is 0.321. The van der Waals surface area contributed by atoms with Crippen LogP contribution in [-0.2, 0) is 0 Å². The summed E-state index contributed by atoms with van der Waals surface area (Å²) in [4.78, 5) is 0.687. The van der Waals surface area contributed by atoms with E-state index in [0.717, 1.165) is 12.8 Å². The Morgan fingerprint density at radius 1 is 1.50 bits per heavy atom. The van der Waals surface area contributed by atoms with E-state index in [1.54, 1.807) is 17.7 Å². The largest absolute Gasteiger partial charge is 0.491 e. The summed E-state index contributed by atoms with van der Waals surface area (Å²) in [5.41, 5.74) is 6.20. The normalized spacial score (nSPS) is 14.5. The van der Waals surface area contributed by atoms with Crippen LogP contribution in [0.3, 0.4) is 0 Å². The molecule has 6 nitrogen and oxygen atoms in total. The highest BCUT2D eigenvalue weighted by atomic mass is 32.2. The van der Waals surface area contributed by atoms with Crippen LogP contribution in [0.25, 0.3) is 0 Å². The standard InChI is InChI=1S/C12H14FN5OS/c1-2-19-10-6-11(9(14)5-8(10)13)20-12-15-16-17-18(12)7-3-4-7/h5-7H,2-4,14H2,1H3. The number of benzene rings is 1. The van der Waals surface area contributed by atoms with E-state index < -0.39 is 5.82 Å². The van der Waals surface area contributed by atoms with Gasteiger partial charge in [0.2, 0.25) is 5.16 Å². The Bertz CT molecular complexity index is 628. The number of aromatic nitrogens is 4. The molecule has 1 heterocycles. The van der Waals surface area contributed by atoms with Crippen LogP contribution in [0, 0.1) is 5.82 Å². The number of ether oxygens (including phenoxy) is 1. The van der Waals surface area contributed by atoms with Crippen molar-refractivity contribution in [2.45, 2.75) is 35.9 Å². The lowest BCUT2D eigenvalue weighted by Crippen LogP contribution is -2.00. The van der Waals surface area contributed by atoms with E-state index in [1.807, 2.05) is 0 Å². The number of nitrogen functional groups attached to an aromatic ring is 1. The molecule has 0 spiro atoms. The van der Waals surface area contributed by atoms with Gasteiger partial charge >= 0.3 is 0 Å². The van der Waals surface area contributed by atoms with Gasteiger partial charge in [-0.05, 0) is 48.0 Å². The zero-order valence-corrected chi connectivity index (χ0v) is 11.7. The number of tetrazole rings is 1. The second-order valence-corrected chi connectivity index (χ2v) is 5.50. The van der Waals surface area contributed by atoms with Crippen LogP contribution in [0.15, 0.2) is 22.2 Å². The molecular formula is C12H14FN5OS. The molecule has 0 radical (unpaired) electrons. The van der Waals surface area contributed by atoms with Gasteiger partial charge in [-0.25, -0.2) is 9.07 Å². The number of halogens is 1. The summed E-state index contributed by atoms with van der Waals surface area (Å²) < 4.78 is 20.7. The molecule has 1 aliphatic rings.